The summed E-state index contributed by atoms with van der Waals surface area (Å²) in [4.78, 5) is 11.2. The molecular formula is C10H14F3NO. The number of carbonyl (C=O) groups excluding carboxylic acids is 1. The van der Waals surface area contributed by atoms with E-state index in [1.165, 1.54) is 0 Å². The van der Waals surface area contributed by atoms with Crippen molar-refractivity contribution in [3.8, 4) is 0 Å². The summed E-state index contributed by atoms with van der Waals surface area (Å²) in [5.74, 6) is -2.86. The molecule has 1 N–H and O–H groups in total. The number of carbonyl (C=O) groups is 1. The summed E-state index contributed by atoms with van der Waals surface area (Å²) in [5, 5.41) is 2.41. The van der Waals surface area contributed by atoms with Crippen LogP contribution in [0.5, 0.6) is 0 Å². The van der Waals surface area contributed by atoms with Crippen LogP contribution in [-0.2, 0) is 4.79 Å². The van der Waals surface area contributed by atoms with Gasteiger partial charge in [-0.2, -0.15) is 13.2 Å². The molecule has 0 radical (unpaired) electrons. The normalized spacial score (nSPS) is 23.6. The minimum absolute atomic E-state index is 0.146. The molecule has 0 saturated heterocycles. The van der Waals surface area contributed by atoms with Gasteiger partial charge in [-0.1, -0.05) is 12.2 Å². The summed E-state index contributed by atoms with van der Waals surface area (Å²) >= 11 is 0. The Morgan fingerprint density at radius 2 is 2.13 bits per heavy atom. The molecule has 1 aliphatic carbocycles. The molecule has 0 aromatic heterocycles. The van der Waals surface area contributed by atoms with Gasteiger partial charge in [-0.05, 0) is 26.2 Å². The molecule has 86 valence electrons. The quantitative estimate of drug-likeness (QED) is 0.713. The minimum Gasteiger partial charge on any atom is -0.353 e. The van der Waals surface area contributed by atoms with Crippen LogP contribution in [0.15, 0.2) is 12.2 Å². The minimum atomic E-state index is -4.45. The molecule has 1 amide bonds. The van der Waals surface area contributed by atoms with Gasteiger partial charge in [-0.3, -0.25) is 4.79 Å². The number of rotatable bonds is 2. The lowest BCUT2D eigenvalue weighted by Crippen LogP contribution is -2.43. The molecule has 0 aromatic carbocycles. The van der Waals surface area contributed by atoms with Crippen LogP contribution in [0.3, 0.4) is 0 Å². The predicted octanol–water partition coefficient (Wildman–Crippen LogP) is 2.41. The van der Waals surface area contributed by atoms with E-state index in [-0.39, 0.29) is 6.04 Å². The largest absolute Gasteiger partial charge is 0.400 e. The second kappa shape index (κ2) is 4.68. The summed E-state index contributed by atoms with van der Waals surface area (Å²) in [6.07, 6.45) is 1.55. The fourth-order valence-corrected chi connectivity index (χ4v) is 1.40. The van der Waals surface area contributed by atoms with Gasteiger partial charge in [0.25, 0.3) is 0 Å². The Morgan fingerprint density at radius 1 is 1.47 bits per heavy atom. The average Bonchev–Trinajstić information content (AvgIpc) is 2.16. The van der Waals surface area contributed by atoms with E-state index in [0.717, 1.165) is 13.3 Å². The highest BCUT2D eigenvalue weighted by Gasteiger charge is 2.41. The molecule has 0 saturated carbocycles. The molecule has 0 bridgehead atoms. The molecule has 15 heavy (non-hydrogen) atoms. The Hall–Kier alpha value is -1.00. The maximum absolute atomic E-state index is 12.2. The topological polar surface area (TPSA) is 29.1 Å². The first-order valence-electron chi connectivity index (χ1n) is 4.93. The summed E-state index contributed by atoms with van der Waals surface area (Å²) in [6, 6.07) is -0.146. The Balaban J connectivity index is 2.44. The number of hydrogen-bond donors (Lipinski definition) is 1. The van der Waals surface area contributed by atoms with Crippen molar-refractivity contribution in [2.45, 2.75) is 38.4 Å². The van der Waals surface area contributed by atoms with Gasteiger partial charge in [0.15, 0.2) is 0 Å². The zero-order valence-electron chi connectivity index (χ0n) is 8.47. The Morgan fingerprint density at radius 3 is 2.60 bits per heavy atom. The predicted molar refractivity (Wildman–Crippen MR) is 50.1 cm³/mol. The number of alkyl halides is 3. The average molecular weight is 221 g/mol. The van der Waals surface area contributed by atoms with Crippen LogP contribution in [0, 0.1) is 5.92 Å². The highest BCUT2D eigenvalue weighted by molar-refractivity contribution is 5.79. The van der Waals surface area contributed by atoms with Crippen molar-refractivity contribution in [3.05, 3.63) is 12.2 Å². The molecule has 0 spiro atoms. The first-order chi connectivity index (χ1) is 6.91. The smallest absolute Gasteiger partial charge is 0.353 e. The first-order valence-corrected chi connectivity index (χ1v) is 4.93. The monoisotopic (exact) mass is 221 g/mol. The van der Waals surface area contributed by atoms with Gasteiger partial charge in [0, 0.05) is 6.04 Å². The summed E-state index contributed by atoms with van der Waals surface area (Å²) < 4.78 is 36.5. The van der Waals surface area contributed by atoms with Crippen molar-refractivity contribution in [1.29, 1.82) is 0 Å². The van der Waals surface area contributed by atoms with Gasteiger partial charge in [0.1, 0.15) is 5.92 Å². The van der Waals surface area contributed by atoms with Gasteiger partial charge in [0.2, 0.25) is 5.91 Å². The van der Waals surface area contributed by atoms with Crippen LogP contribution in [0.1, 0.15) is 26.2 Å². The molecule has 2 atom stereocenters. The number of allylic oxidation sites excluding steroid dienone is 1. The molecule has 0 unspecified atom stereocenters. The number of nitrogens with one attached hydrogen (secondary N) is 1. The molecule has 1 aliphatic rings. The first kappa shape index (κ1) is 12.1. The van der Waals surface area contributed by atoms with Crippen LogP contribution in [0.2, 0.25) is 0 Å². The SMILES string of the molecule is C[C@H](C(=O)N[C@@H]1CC=CCC1)C(F)(F)F. The molecule has 0 aromatic rings. The second-order valence-corrected chi connectivity index (χ2v) is 3.75. The molecule has 0 fully saturated rings. The van der Waals surface area contributed by atoms with Crippen molar-refractivity contribution in [3.63, 3.8) is 0 Å². The van der Waals surface area contributed by atoms with Gasteiger partial charge in [-0.15, -0.1) is 0 Å². The fraction of sp³-hybridized carbons (Fsp3) is 0.700. The maximum atomic E-state index is 12.2. The van der Waals surface area contributed by atoms with Crippen LogP contribution in [-0.4, -0.2) is 18.1 Å². The fourth-order valence-electron chi connectivity index (χ4n) is 1.40. The Kier molecular flexibility index (Phi) is 3.77. The highest BCUT2D eigenvalue weighted by atomic mass is 19.4. The molecular weight excluding hydrogens is 207 g/mol. The third-order valence-electron chi connectivity index (χ3n) is 2.50. The molecule has 5 heteroatoms. The van der Waals surface area contributed by atoms with E-state index in [2.05, 4.69) is 5.32 Å². The van der Waals surface area contributed by atoms with Gasteiger partial charge >= 0.3 is 6.18 Å². The zero-order valence-corrected chi connectivity index (χ0v) is 8.47. The van der Waals surface area contributed by atoms with Crippen LogP contribution in [0.25, 0.3) is 0 Å². The van der Waals surface area contributed by atoms with Crippen molar-refractivity contribution in [1.82, 2.24) is 5.32 Å². The number of halogens is 3. The van der Waals surface area contributed by atoms with Crippen LogP contribution in [0.4, 0.5) is 13.2 Å². The molecule has 1 rings (SSSR count). The van der Waals surface area contributed by atoms with E-state index in [1.807, 2.05) is 12.2 Å². The third kappa shape index (κ3) is 3.57. The maximum Gasteiger partial charge on any atom is 0.400 e. The zero-order chi connectivity index (χ0) is 11.5. The number of hydrogen-bond acceptors (Lipinski definition) is 1. The van der Waals surface area contributed by atoms with E-state index >= 15 is 0 Å². The van der Waals surface area contributed by atoms with Crippen molar-refractivity contribution in [2.24, 2.45) is 5.92 Å². The lowest BCUT2D eigenvalue weighted by molar-refractivity contribution is -0.179. The lowest BCUT2D eigenvalue weighted by Gasteiger charge is -2.22. The molecule has 2 nitrogen and oxygen atoms in total. The summed E-state index contributed by atoms with van der Waals surface area (Å²) in [5.41, 5.74) is 0. The molecule has 0 heterocycles. The standard InChI is InChI=1S/C10H14F3NO/c1-7(10(11,12)13)9(15)14-8-5-3-2-4-6-8/h2-3,7-8H,4-6H2,1H3,(H,14,15)/t7-,8-/m1/s1. The Bertz CT molecular complexity index is 260. The van der Waals surface area contributed by atoms with Crippen LogP contribution < -0.4 is 5.32 Å². The van der Waals surface area contributed by atoms with Crippen molar-refractivity contribution < 1.29 is 18.0 Å². The summed E-state index contributed by atoms with van der Waals surface area (Å²) in [6.45, 7) is 0.883. The third-order valence-corrected chi connectivity index (χ3v) is 2.50. The van der Waals surface area contributed by atoms with Gasteiger partial charge in [0.05, 0.1) is 0 Å². The summed E-state index contributed by atoms with van der Waals surface area (Å²) in [7, 11) is 0. The van der Waals surface area contributed by atoms with E-state index < -0.39 is 18.0 Å². The lowest BCUT2D eigenvalue weighted by atomic mass is 10.0. The van der Waals surface area contributed by atoms with E-state index in [1.54, 1.807) is 0 Å². The van der Waals surface area contributed by atoms with Crippen molar-refractivity contribution in [2.75, 3.05) is 0 Å². The van der Waals surface area contributed by atoms with Gasteiger partial charge < -0.3 is 5.32 Å². The molecule has 0 aliphatic heterocycles. The van der Waals surface area contributed by atoms with E-state index in [4.69, 9.17) is 0 Å². The van der Waals surface area contributed by atoms with Gasteiger partial charge in [-0.25, -0.2) is 0 Å². The highest BCUT2D eigenvalue weighted by Crippen LogP contribution is 2.26. The second-order valence-electron chi connectivity index (χ2n) is 3.75. The van der Waals surface area contributed by atoms with Crippen LogP contribution >= 0.6 is 0 Å². The number of amides is 1. The Labute approximate surface area is 86.5 Å². The van der Waals surface area contributed by atoms with E-state index in [9.17, 15) is 18.0 Å². The van der Waals surface area contributed by atoms with Crippen molar-refractivity contribution >= 4 is 5.91 Å². The van der Waals surface area contributed by atoms with E-state index in [0.29, 0.717) is 12.8 Å².